The van der Waals surface area contributed by atoms with Crippen LogP contribution in [0.15, 0.2) is 48.5 Å². The fraction of sp³-hybridized carbons (Fsp3) is 0.333. The third-order valence-corrected chi connectivity index (χ3v) is 5.33. The standard InChI is InChI=1S/C21H20N2O2/c1-14-10-15(11-22)12-23(14)21(24)25-13-20-18-8-4-2-6-16(18)17-7-3-5-9-19(17)20/h2-9,14-15,20H,10,12-13H2,1H3. The number of likely N-dealkylation sites (tertiary alicyclic amines) is 1. The average molecular weight is 332 g/mol. The first-order chi connectivity index (χ1) is 12.2. The molecule has 0 radical (unpaired) electrons. The number of hydrogen-bond acceptors (Lipinski definition) is 3. The number of nitriles is 1. The Bertz CT molecular complexity index is 809. The van der Waals surface area contributed by atoms with Crippen LogP contribution in [-0.4, -0.2) is 30.2 Å². The van der Waals surface area contributed by atoms with Crippen LogP contribution in [0, 0.1) is 17.2 Å². The van der Waals surface area contributed by atoms with E-state index in [-0.39, 0.29) is 24.0 Å². The number of carbonyl (C=O) groups is 1. The summed E-state index contributed by atoms with van der Waals surface area (Å²) in [5.41, 5.74) is 4.86. The van der Waals surface area contributed by atoms with Crippen LogP contribution in [0.5, 0.6) is 0 Å². The predicted molar refractivity (Wildman–Crippen MR) is 95.0 cm³/mol. The van der Waals surface area contributed by atoms with Crippen molar-refractivity contribution >= 4 is 6.09 Å². The van der Waals surface area contributed by atoms with Crippen molar-refractivity contribution < 1.29 is 9.53 Å². The number of hydrogen-bond donors (Lipinski definition) is 0. The molecule has 1 amide bonds. The predicted octanol–water partition coefficient (Wildman–Crippen LogP) is 4.17. The van der Waals surface area contributed by atoms with Crippen molar-refractivity contribution in [1.82, 2.24) is 4.90 Å². The van der Waals surface area contributed by atoms with Crippen LogP contribution in [0.3, 0.4) is 0 Å². The first-order valence-electron chi connectivity index (χ1n) is 8.70. The Kier molecular flexibility index (Phi) is 3.93. The van der Waals surface area contributed by atoms with Gasteiger partial charge in [-0.15, -0.1) is 0 Å². The van der Waals surface area contributed by atoms with Gasteiger partial charge in [0.05, 0.1) is 12.0 Å². The summed E-state index contributed by atoms with van der Waals surface area (Å²) in [6.45, 7) is 2.76. The number of carbonyl (C=O) groups excluding carboxylic acids is 1. The first kappa shape index (κ1) is 15.7. The highest BCUT2D eigenvalue weighted by atomic mass is 16.6. The first-order valence-corrected chi connectivity index (χ1v) is 8.70. The number of benzene rings is 2. The van der Waals surface area contributed by atoms with E-state index in [4.69, 9.17) is 10.00 Å². The van der Waals surface area contributed by atoms with Crippen molar-refractivity contribution in [2.75, 3.05) is 13.2 Å². The molecule has 2 aromatic rings. The molecule has 0 saturated carbocycles. The Morgan fingerprint density at radius 2 is 1.76 bits per heavy atom. The number of rotatable bonds is 2. The Balaban J connectivity index is 1.52. The number of ether oxygens (including phenoxy) is 1. The Hall–Kier alpha value is -2.80. The molecule has 0 bridgehead atoms. The van der Waals surface area contributed by atoms with Crippen LogP contribution < -0.4 is 0 Å². The van der Waals surface area contributed by atoms with E-state index in [0.717, 1.165) is 6.42 Å². The maximum atomic E-state index is 12.5. The summed E-state index contributed by atoms with van der Waals surface area (Å²) in [7, 11) is 0. The van der Waals surface area contributed by atoms with Gasteiger partial charge in [-0.1, -0.05) is 48.5 Å². The topological polar surface area (TPSA) is 53.3 Å². The summed E-state index contributed by atoms with van der Waals surface area (Å²) < 4.78 is 5.66. The third-order valence-electron chi connectivity index (χ3n) is 5.33. The quantitative estimate of drug-likeness (QED) is 0.829. The zero-order chi connectivity index (χ0) is 17.4. The van der Waals surface area contributed by atoms with Gasteiger partial charge in [0, 0.05) is 18.5 Å². The number of nitrogens with zero attached hydrogens (tertiary/aromatic N) is 2. The van der Waals surface area contributed by atoms with E-state index in [1.807, 2.05) is 31.2 Å². The highest BCUT2D eigenvalue weighted by Gasteiger charge is 2.35. The van der Waals surface area contributed by atoms with Crippen LogP contribution >= 0.6 is 0 Å². The molecule has 2 aliphatic rings. The van der Waals surface area contributed by atoms with Crippen molar-refractivity contribution in [3.05, 3.63) is 59.7 Å². The second-order valence-corrected chi connectivity index (χ2v) is 6.87. The van der Waals surface area contributed by atoms with Gasteiger partial charge in [-0.3, -0.25) is 0 Å². The van der Waals surface area contributed by atoms with Gasteiger partial charge >= 0.3 is 6.09 Å². The molecule has 1 aliphatic heterocycles. The molecule has 2 unspecified atom stereocenters. The molecule has 0 N–H and O–H groups in total. The van der Waals surface area contributed by atoms with Crippen LogP contribution in [0.1, 0.15) is 30.4 Å². The van der Waals surface area contributed by atoms with Gasteiger partial charge in [0.25, 0.3) is 0 Å². The third kappa shape index (κ3) is 2.66. The molecule has 25 heavy (non-hydrogen) atoms. The zero-order valence-electron chi connectivity index (χ0n) is 14.2. The van der Waals surface area contributed by atoms with Gasteiger partial charge in [-0.2, -0.15) is 5.26 Å². The van der Waals surface area contributed by atoms with E-state index in [9.17, 15) is 4.79 Å². The van der Waals surface area contributed by atoms with E-state index in [1.165, 1.54) is 22.3 Å². The maximum Gasteiger partial charge on any atom is 0.410 e. The second-order valence-electron chi connectivity index (χ2n) is 6.87. The number of amides is 1. The SMILES string of the molecule is CC1CC(C#N)CN1C(=O)OCC1c2ccccc2-c2ccccc21. The van der Waals surface area contributed by atoms with E-state index >= 15 is 0 Å². The van der Waals surface area contributed by atoms with Crippen molar-refractivity contribution in [2.24, 2.45) is 5.92 Å². The molecule has 4 rings (SSSR count). The van der Waals surface area contributed by atoms with Crippen molar-refractivity contribution in [3.8, 4) is 17.2 Å². The molecular formula is C21H20N2O2. The lowest BCUT2D eigenvalue weighted by atomic mass is 9.98. The lowest BCUT2D eigenvalue weighted by Crippen LogP contribution is -2.35. The molecule has 2 atom stereocenters. The van der Waals surface area contributed by atoms with Gasteiger partial charge < -0.3 is 9.64 Å². The Morgan fingerprint density at radius 3 is 2.32 bits per heavy atom. The summed E-state index contributed by atoms with van der Waals surface area (Å²) in [5.74, 6) is -0.0171. The summed E-state index contributed by atoms with van der Waals surface area (Å²) in [6.07, 6.45) is 0.410. The van der Waals surface area contributed by atoms with Crippen LogP contribution in [0.2, 0.25) is 0 Å². The van der Waals surface area contributed by atoms with Crippen LogP contribution in [0.25, 0.3) is 11.1 Å². The fourth-order valence-corrected chi connectivity index (χ4v) is 4.06. The largest absolute Gasteiger partial charge is 0.448 e. The smallest absolute Gasteiger partial charge is 0.410 e. The van der Waals surface area contributed by atoms with Crippen LogP contribution in [0.4, 0.5) is 4.79 Å². The zero-order valence-corrected chi connectivity index (χ0v) is 14.2. The molecule has 4 heteroatoms. The number of fused-ring (bicyclic) bond motifs is 3. The summed E-state index contributed by atoms with van der Waals surface area (Å²) in [4.78, 5) is 14.2. The van der Waals surface area contributed by atoms with Crippen molar-refractivity contribution in [3.63, 3.8) is 0 Å². The highest BCUT2D eigenvalue weighted by Crippen LogP contribution is 2.44. The molecular weight excluding hydrogens is 312 g/mol. The maximum absolute atomic E-state index is 12.5. The minimum absolute atomic E-state index is 0.0558. The van der Waals surface area contributed by atoms with Crippen molar-refractivity contribution in [2.45, 2.75) is 25.3 Å². The second kappa shape index (κ2) is 6.25. The van der Waals surface area contributed by atoms with Gasteiger partial charge in [-0.05, 0) is 35.6 Å². The molecule has 0 spiro atoms. The highest BCUT2D eigenvalue weighted by molar-refractivity contribution is 5.79. The molecule has 1 saturated heterocycles. The van der Waals surface area contributed by atoms with Crippen LogP contribution in [-0.2, 0) is 4.74 Å². The van der Waals surface area contributed by atoms with Gasteiger partial charge in [0.2, 0.25) is 0 Å². The van der Waals surface area contributed by atoms with E-state index in [1.54, 1.807) is 4.90 Å². The normalized spacial score (nSPS) is 21.5. The van der Waals surface area contributed by atoms with E-state index in [2.05, 4.69) is 30.3 Å². The van der Waals surface area contributed by atoms with E-state index in [0.29, 0.717) is 13.2 Å². The monoisotopic (exact) mass is 332 g/mol. The minimum Gasteiger partial charge on any atom is -0.448 e. The summed E-state index contributed by atoms with van der Waals surface area (Å²) in [6, 6.07) is 18.9. The molecule has 1 heterocycles. The summed E-state index contributed by atoms with van der Waals surface area (Å²) >= 11 is 0. The minimum atomic E-state index is -0.313. The Labute approximate surface area is 147 Å². The molecule has 2 aromatic carbocycles. The molecule has 0 aromatic heterocycles. The van der Waals surface area contributed by atoms with E-state index < -0.39 is 0 Å². The summed E-state index contributed by atoms with van der Waals surface area (Å²) in [5, 5.41) is 9.08. The average Bonchev–Trinajstić information content (AvgIpc) is 3.18. The molecule has 1 aliphatic carbocycles. The lowest BCUT2D eigenvalue weighted by molar-refractivity contribution is 0.0975. The fourth-order valence-electron chi connectivity index (χ4n) is 4.06. The van der Waals surface area contributed by atoms with Gasteiger partial charge in [-0.25, -0.2) is 4.79 Å². The lowest BCUT2D eigenvalue weighted by Gasteiger charge is -2.22. The van der Waals surface area contributed by atoms with Crippen molar-refractivity contribution in [1.29, 1.82) is 5.26 Å². The van der Waals surface area contributed by atoms with Gasteiger partial charge in [0.1, 0.15) is 6.61 Å². The Morgan fingerprint density at radius 1 is 1.16 bits per heavy atom. The molecule has 4 nitrogen and oxygen atoms in total. The molecule has 126 valence electrons. The van der Waals surface area contributed by atoms with Gasteiger partial charge in [0.15, 0.2) is 0 Å². The molecule has 1 fully saturated rings.